The van der Waals surface area contributed by atoms with Gasteiger partial charge >= 0.3 is 12.3 Å². The summed E-state index contributed by atoms with van der Waals surface area (Å²) in [7, 11) is 0. The average Bonchev–Trinajstić information content (AvgIpc) is 2.89. The third-order valence-electron chi connectivity index (χ3n) is 2.79. The molecule has 1 aliphatic rings. The Morgan fingerprint density at radius 1 is 1.20 bits per heavy atom. The molecule has 10 heteroatoms. The molecule has 0 saturated carbocycles. The molecule has 112 valence electrons. The first kappa shape index (κ1) is 15.0. The van der Waals surface area contributed by atoms with Crippen LogP contribution in [0.25, 0.3) is 0 Å². The number of halogens is 5. The third kappa shape index (κ3) is 3.59. The maximum absolute atomic E-state index is 12.8. The molecule has 0 spiro atoms. The molecule has 1 aliphatic heterocycles. The molecule has 0 bridgehead atoms. The fourth-order valence-electron chi connectivity index (χ4n) is 1.75. The van der Waals surface area contributed by atoms with Crippen LogP contribution in [0.15, 0.2) is 0 Å². The number of alkyl halides is 4. The highest BCUT2D eigenvalue weighted by atomic mass is 35.5. The van der Waals surface area contributed by atoms with Gasteiger partial charge in [-0.15, -0.1) is 0 Å². The van der Waals surface area contributed by atoms with Crippen LogP contribution >= 0.6 is 11.6 Å². The lowest BCUT2D eigenvalue weighted by Gasteiger charge is -2.18. The summed E-state index contributed by atoms with van der Waals surface area (Å²) < 4.78 is 49.7. The van der Waals surface area contributed by atoms with Crippen LogP contribution < -0.4 is 10.2 Å². The monoisotopic (exact) mass is 313 g/mol. The summed E-state index contributed by atoms with van der Waals surface area (Å²) in [5.41, 5.74) is 0. The Morgan fingerprint density at radius 2 is 1.85 bits per heavy atom. The van der Waals surface area contributed by atoms with E-state index in [0.717, 1.165) is 25.9 Å². The largest absolute Gasteiger partial charge is 0.348 e. The van der Waals surface area contributed by atoms with Crippen molar-refractivity contribution in [3.8, 4) is 0 Å². The van der Waals surface area contributed by atoms with Crippen LogP contribution in [-0.2, 0) is 0 Å². The molecule has 1 fully saturated rings. The van der Waals surface area contributed by atoms with Gasteiger partial charge in [0.15, 0.2) is 0 Å². The Hall–Kier alpha value is -1.38. The van der Waals surface area contributed by atoms with Crippen LogP contribution in [0.5, 0.6) is 0 Å². The molecule has 0 radical (unpaired) electrons. The quantitative estimate of drug-likeness (QED) is 0.846. The van der Waals surface area contributed by atoms with E-state index in [-0.39, 0.29) is 17.2 Å². The summed E-state index contributed by atoms with van der Waals surface area (Å²) in [4.78, 5) is 13.2. The van der Waals surface area contributed by atoms with Crippen molar-refractivity contribution in [1.29, 1.82) is 0 Å². The number of hydrogen-bond acceptors (Lipinski definition) is 5. The van der Waals surface area contributed by atoms with Crippen LogP contribution in [0.1, 0.15) is 12.8 Å². The van der Waals surface area contributed by atoms with Crippen LogP contribution in [0.4, 0.5) is 29.5 Å². The Balaban J connectivity index is 2.08. The van der Waals surface area contributed by atoms with Crippen LogP contribution in [0.2, 0.25) is 5.28 Å². The molecule has 0 aliphatic carbocycles. The molecule has 1 aromatic rings. The Morgan fingerprint density at radius 3 is 2.45 bits per heavy atom. The van der Waals surface area contributed by atoms with Crippen LogP contribution in [0, 0.1) is 0 Å². The SMILES string of the molecule is FC(F)C(F)(F)CNc1nc(Cl)nc(N2CCCC2)n1. The van der Waals surface area contributed by atoms with Crippen molar-refractivity contribution < 1.29 is 17.6 Å². The second-order valence-electron chi connectivity index (χ2n) is 4.34. The maximum atomic E-state index is 12.8. The number of rotatable bonds is 5. The number of anilines is 2. The van der Waals surface area contributed by atoms with Gasteiger partial charge in [-0.25, -0.2) is 8.78 Å². The van der Waals surface area contributed by atoms with E-state index in [2.05, 4.69) is 20.3 Å². The molecule has 0 atom stereocenters. The molecule has 0 aromatic carbocycles. The van der Waals surface area contributed by atoms with Crippen LogP contribution in [-0.4, -0.2) is 46.9 Å². The minimum absolute atomic E-state index is 0.176. The van der Waals surface area contributed by atoms with Crippen LogP contribution in [0.3, 0.4) is 0 Å². The van der Waals surface area contributed by atoms with E-state index in [4.69, 9.17) is 11.6 Å². The minimum Gasteiger partial charge on any atom is -0.348 e. The first-order valence-corrected chi connectivity index (χ1v) is 6.32. The average molecular weight is 314 g/mol. The molecule has 20 heavy (non-hydrogen) atoms. The summed E-state index contributed by atoms with van der Waals surface area (Å²) in [6.45, 7) is 0.185. The normalized spacial score (nSPS) is 16.0. The minimum atomic E-state index is -4.16. The summed E-state index contributed by atoms with van der Waals surface area (Å²) in [6.07, 6.45) is -1.82. The highest BCUT2D eigenvalue weighted by Gasteiger charge is 2.40. The summed E-state index contributed by atoms with van der Waals surface area (Å²) >= 11 is 5.68. The van der Waals surface area contributed by atoms with E-state index < -0.39 is 18.9 Å². The van der Waals surface area contributed by atoms with Crippen molar-refractivity contribution in [2.45, 2.75) is 25.2 Å². The van der Waals surface area contributed by atoms with Crippen molar-refractivity contribution in [3.63, 3.8) is 0 Å². The van der Waals surface area contributed by atoms with Gasteiger partial charge in [0, 0.05) is 13.1 Å². The second kappa shape index (κ2) is 5.94. The summed E-state index contributed by atoms with van der Waals surface area (Å²) in [6, 6.07) is 0. The van der Waals surface area contributed by atoms with Gasteiger partial charge in [0.1, 0.15) is 0 Å². The molecule has 2 rings (SSSR count). The molecule has 5 nitrogen and oxygen atoms in total. The van der Waals surface area contributed by atoms with Crippen molar-refractivity contribution in [2.75, 3.05) is 29.9 Å². The molecule has 1 saturated heterocycles. The topological polar surface area (TPSA) is 53.9 Å². The first-order chi connectivity index (χ1) is 9.38. The maximum Gasteiger partial charge on any atom is 0.324 e. The van der Waals surface area contributed by atoms with E-state index >= 15 is 0 Å². The third-order valence-corrected chi connectivity index (χ3v) is 2.96. The Labute approximate surface area is 117 Å². The molecule has 1 aromatic heterocycles. The van der Waals surface area contributed by atoms with E-state index in [9.17, 15) is 17.6 Å². The van der Waals surface area contributed by atoms with Crippen molar-refractivity contribution in [2.24, 2.45) is 0 Å². The lowest BCUT2D eigenvalue weighted by atomic mass is 10.3. The zero-order valence-electron chi connectivity index (χ0n) is 10.3. The van der Waals surface area contributed by atoms with Crippen molar-refractivity contribution >= 4 is 23.5 Å². The number of hydrogen-bond donors (Lipinski definition) is 1. The summed E-state index contributed by atoms with van der Waals surface area (Å²) in [5, 5.41) is 1.89. The number of aromatic nitrogens is 3. The molecular weight excluding hydrogens is 302 g/mol. The van der Waals surface area contributed by atoms with Gasteiger partial charge in [-0.05, 0) is 24.4 Å². The van der Waals surface area contributed by atoms with E-state index in [1.165, 1.54) is 0 Å². The zero-order chi connectivity index (χ0) is 14.8. The number of nitrogens with zero attached hydrogens (tertiary/aromatic N) is 4. The van der Waals surface area contributed by atoms with E-state index in [1.54, 1.807) is 0 Å². The van der Waals surface area contributed by atoms with Gasteiger partial charge in [0.05, 0.1) is 6.54 Å². The lowest BCUT2D eigenvalue weighted by molar-refractivity contribution is -0.117. The highest BCUT2D eigenvalue weighted by molar-refractivity contribution is 6.28. The second-order valence-corrected chi connectivity index (χ2v) is 4.68. The van der Waals surface area contributed by atoms with E-state index in [0.29, 0.717) is 0 Å². The molecule has 0 amide bonds. The fourth-order valence-corrected chi connectivity index (χ4v) is 1.91. The van der Waals surface area contributed by atoms with Crippen molar-refractivity contribution in [3.05, 3.63) is 5.28 Å². The standard InChI is InChI=1S/C10H12ClF4N5/c11-7-17-8(16-5-10(14,15)6(12)13)19-9(18-7)20-3-1-2-4-20/h6H,1-5H2,(H,16,17,18,19). The van der Waals surface area contributed by atoms with Crippen molar-refractivity contribution in [1.82, 2.24) is 15.0 Å². The lowest BCUT2D eigenvalue weighted by Crippen LogP contribution is -2.35. The zero-order valence-corrected chi connectivity index (χ0v) is 11.0. The molecular formula is C10H12ClF4N5. The molecule has 1 N–H and O–H groups in total. The number of nitrogens with one attached hydrogen (secondary N) is 1. The first-order valence-electron chi connectivity index (χ1n) is 5.95. The van der Waals surface area contributed by atoms with Gasteiger partial charge in [0.25, 0.3) is 0 Å². The van der Waals surface area contributed by atoms with E-state index in [1.807, 2.05) is 4.90 Å². The van der Waals surface area contributed by atoms with Gasteiger partial charge in [-0.2, -0.15) is 23.7 Å². The summed E-state index contributed by atoms with van der Waals surface area (Å²) in [5.74, 6) is -4.15. The predicted molar refractivity (Wildman–Crippen MR) is 65.7 cm³/mol. The smallest absolute Gasteiger partial charge is 0.324 e. The highest BCUT2D eigenvalue weighted by Crippen LogP contribution is 2.23. The Bertz CT molecular complexity index is 467. The fraction of sp³-hybridized carbons (Fsp3) is 0.700. The predicted octanol–water partition coefficient (Wildman–Crippen LogP) is 2.44. The van der Waals surface area contributed by atoms with Gasteiger partial charge in [0.2, 0.25) is 17.2 Å². The van der Waals surface area contributed by atoms with Gasteiger partial charge in [-0.3, -0.25) is 0 Å². The Kier molecular flexibility index (Phi) is 4.46. The molecule has 0 unspecified atom stereocenters. The molecule has 2 heterocycles. The van der Waals surface area contributed by atoms with Gasteiger partial charge < -0.3 is 10.2 Å². The van der Waals surface area contributed by atoms with Gasteiger partial charge in [-0.1, -0.05) is 0 Å².